The summed E-state index contributed by atoms with van der Waals surface area (Å²) < 4.78 is 97.3. The van der Waals surface area contributed by atoms with Crippen molar-refractivity contribution in [3.05, 3.63) is 53.1 Å². The minimum atomic E-state index is -5.02. The van der Waals surface area contributed by atoms with Crippen LogP contribution in [-0.2, 0) is 6.18 Å². The third-order valence-electron chi connectivity index (χ3n) is 2.92. The van der Waals surface area contributed by atoms with E-state index in [0.29, 0.717) is 12.1 Å². The Morgan fingerprint density at radius 2 is 1.35 bits per heavy atom. The van der Waals surface area contributed by atoms with E-state index in [4.69, 9.17) is 17.3 Å². The van der Waals surface area contributed by atoms with Gasteiger partial charge in [0.1, 0.15) is 5.84 Å². The van der Waals surface area contributed by atoms with Gasteiger partial charge < -0.3 is 10.5 Å². The summed E-state index contributed by atoms with van der Waals surface area (Å²) in [5.74, 6) is -9.40. The first kappa shape index (κ1) is 19.8. The maximum absolute atomic E-state index is 13.9. The zero-order valence-electron chi connectivity index (χ0n) is 12.5. The monoisotopic (exact) mass is 400 g/mol. The molecule has 0 aliphatic rings. The van der Waals surface area contributed by atoms with Gasteiger partial charge in [0.25, 0.3) is 0 Å². The quantitative estimate of drug-likeness (QED) is 0.328. The van der Waals surface area contributed by atoms with Crippen LogP contribution in [0, 0.1) is 23.3 Å². The van der Waals surface area contributed by atoms with Crippen molar-refractivity contribution in [2.75, 3.05) is 5.88 Å². The molecule has 0 fully saturated rings. The second kappa shape index (κ2) is 7.40. The lowest BCUT2D eigenvalue weighted by Gasteiger charge is -2.13. The second-order valence-corrected chi connectivity index (χ2v) is 5.11. The molecule has 2 rings (SSSR count). The molecule has 0 aliphatic carbocycles. The minimum Gasteiger partial charge on any atom is -0.445 e. The molecule has 11 heteroatoms. The summed E-state index contributed by atoms with van der Waals surface area (Å²) in [7, 11) is 0. The molecule has 0 saturated carbocycles. The smallest absolute Gasteiger partial charge is 0.416 e. The molecule has 0 radical (unpaired) electrons. The molecule has 2 aromatic carbocycles. The van der Waals surface area contributed by atoms with Crippen LogP contribution in [-0.4, -0.2) is 11.7 Å². The molecule has 26 heavy (non-hydrogen) atoms. The number of ether oxygens (including phenoxy) is 1. The summed E-state index contributed by atoms with van der Waals surface area (Å²) in [6.45, 7) is 0. The molecule has 2 aromatic rings. The van der Waals surface area contributed by atoms with E-state index in [2.05, 4.69) is 9.73 Å². The van der Waals surface area contributed by atoms with Gasteiger partial charge in [-0.15, -0.1) is 11.6 Å². The zero-order chi connectivity index (χ0) is 19.6. The van der Waals surface area contributed by atoms with Crippen LogP contribution in [0.1, 0.15) is 5.56 Å². The summed E-state index contributed by atoms with van der Waals surface area (Å²) in [5, 5.41) is 0. The Morgan fingerprint density at radius 1 is 0.923 bits per heavy atom. The van der Waals surface area contributed by atoms with Crippen LogP contribution >= 0.6 is 11.6 Å². The van der Waals surface area contributed by atoms with Crippen molar-refractivity contribution in [3.63, 3.8) is 0 Å². The van der Waals surface area contributed by atoms with E-state index in [-0.39, 0.29) is 29.5 Å². The van der Waals surface area contributed by atoms with Gasteiger partial charge in [-0.05, 0) is 12.1 Å². The van der Waals surface area contributed by atoms with Gasteiger partial charge in [0, 0.05) is 12.1 Å². The van der Waals surface area contributed by atoms with E-state index in [1.54, 1.807) is 0 Å². The van der Waals surface area contributed by atoms with Crippen LogP contribution in [0.5, 0.6) is 11.5 Å². The molecule has 0 saturated heterocycles. The Hall–Kier alpha value is -2.49. The molecule has 0 heterocycles. The van der Waals surface area contributed by atoms with Crippen LogP contribution < -0.4 is 10.5 Å². The van der Waals surface area contributed by atoms with Gasteiger partial charge in [0.15, 0.2) is 34.8 Å². The average Bonchev–Trinajstić information content (AvgIpc) is 2.51. The lowest BCUT2D eigenvalue weighted by molar-refractivity contribution is -0.138. The van der Waals surface area contributed by atoms with E-state index >= 15 is 0 Å². The van der Waals surface area contributed by atoms with Gasteiger partial charge >= 0.3 is 6.18 Å². The van der Waals surface area contributed by atoms with Crippen molar-refractivity contribution in [2.45, 2.75) is 6.18 Å². The molecular formula is C15H8ClF7N2O. The first-order valence-electron chi connectivity index (χ1n) is 6.65. The number of hydrogen-bond acceptors (Lipinski definition) is 2. The maximum Gasteiger partial charge on any atom is 0.416 e. The van der Waals surface area contributed by atoms with Gasteiger partial charge in [-0.25, -0.2) is 22.6 Å². The van der Waals surface area contributed by atoms with Gasteiger partial charge in [-0.1, -0.05) is 0 Å². The van der Waals surface area contributed by atoms with Crippen molar-refractivity contribution >= 4 is 23.1 Å². The van der Waals surface area contributed by atoms with E-state index < -0.39 is 46.5 Å². The Labute approximate surface area is 146 Å². The molecule has 0 unspecified atom stereocenters. The molecule has 140 valence electrons. The molecule has 0 aromatic heterocycles. The zero-order valence-corrected chi connectivity index (χ0v) is 13.2. The first-order valence-corrected chi connectivity index (χ1v) is 7.18. The van der Waals surface area contributed by atoms with Crippen LogP contribution in [0.3, 0.4) is 0 Å². The highest BCUT2D eigenvalue weighted by atomic mass is 35.5. The van der Waals surface area contributed by atoms with Crippen molar-refractivity contribution in [2.24, 2.45) is 10.7 Å². The predicted molar refractivity (Wildman–Crippen MR) is 79.8 cm³/mol. The van der Waals surface area contributed by atoms with E-state index in [1.807, 2.05) is 0 Å². The topological polar surface area (TPSA) is 47.6 Å². The standard InChI is InChI=1S/C15H8ClF7N2O/c16-5-12(24)25-7-3-10(19)14(11(20)4-7)26-13-8(17)1-6(2-9(13)18)15(21,22)23/h1-4H,5H2,(H2,24,25). The van der Waals surface area contributed by atoms with Crippen LogP contribution in [0.4, 0.5) is 36.4 Å². The number of aliphatic imine (C=N–C) groups is 1. The normalized spacial score (nSPS) is 12.4. The van der Waals surface area contributed by atoms with Gasteiger partial charge in [-0.2, -0.15) is 13.2 Å². The summed E-state index contributed by atoms with van der Waals surface area (Å²) in [6, 6.07) is 1.15. The van der Waals surface area contributed by atoms with Crippen LogP contribution in [0.2, 0.25) is 0 Å². The van der Waals surface area contributed by atoms with Crippen molar-refractivity contribution in [3.8, 4) is 11.5 Å². The number of nitrogens with two attached hydrogens (primary N) is 1. The van der Waals surface area contributed by atoms with Gasteiger partial charge in [-0.3, -0.25) is 0 Å². The van der Waals surface area contributed by atoms with Gasteiger partial charge in [0.05, 0.1) is 17.1 Å². The molecule has 0 aliphatic heterocycles. The molecule has 0 bridgehead atoms. The fourth-order valence-corrected chi connectivity index (χ4v) is 1.89. The van der Waals surface area contributed by atoms with Crippen molar-refractivity contribution in [1.29, 1.82) is 0 Å². The molecule has 0 atom stereocenters. The second-order valence-electron chi connectivity index (χ2n) is 4.84. The van der Waals surface area contributed by atoms with Gasteiger partial charge in [0.2, 0.25) is 0 Å². The molecule has 0 amide bonds. The Bertz CT molecular complexity index is 822. The third-order valence-corrected chi connectivity index (χ3v) is 3.20. The Morgan fingerprint density at radius 3 is 1.73 bits per heavy atom. The predicted octanol–water partition coefficient (Wildman–Crippen LogP) is 5.28. The number of halogens is 8. The molecule has 3 nitrogen and oxygen atoms in total. The third kappa shape index (κ3) is 4.37. The summed E-state index contributed by atoms with van der Waals surface area (Å²) in [5.41, 5.74) is 3.39. The maximum atomic E-state index is 13.9. The molecular weight excluding hydrogens is 393 g/mol. The number of alkyl halides is 4. The lowest BCUT2D eigenvalue weighted by atomic mass is 10.2. The minimum absolute atomic E-state index is 0.0615. The van der Waals surface area contributed by atoms with Crippen molar-refractivity contribution < 1.29 is 35.5 Å². The highest BCUT2D eigenvalue weighted by molar-refractivity contribution is 6.28. The molecule has 2 N–H and O–H groups in total. The first-order chi connectivity index (χ1) is 12.0. The van der Waals surface area contributed by atoms with E-state index in [0.717, 1.165) is 0 Å². The van der Waals surface area contributed by atoms with Crippen molar-refractivity contribution in [1.82, 2.24) is 0 Å². The van der Waals surface area contributed by atoms with Crippen LogP contribution in [0.15, 0.2) is 29.3 Å². The summed E-state index contributed by atoms with van der Waals surface area (Å²) in [6.07, 6.45) is -5.02. The number of rotatable bonds is 4. The fraction of sp³-hybridized carbons (Fsp3) is 0.133. The highest BCUT2D eigenvalue weighted by Gasteiger charge is 2.33. The lowest BCUT2D eigenvalue weighted by Crippen LogP contribution is -2.12. The Balaban J connectivity index is 2.43. The van der Waals surface area contributed by atoms with E-state index in [9.17, 15) is 30.7 Å². The number of hydrogen-bond donors (Lipinski definition) is 1. The number of amidine groups is 1. The largest absolute Gasteiger partial charge is 0.445 e. The number of benzene rings is 2. The highest BCUT2D eigenvalue weighted by Crippen LogP contribution is 2.37. The average molecular weight is 401 g/mol. The fourth-order valence-electron chi connectivity index (χ4n) is 1.83. The SMILES string of the molecule is NC(CCl)=Nc1cc(F)c(Oc2c(F)cc(C(F)(F)F)cc2F)c(F)c1. The summed E-state index contributed by atoms with van der Waals surface area (Å²) in [4.78, 5) is 3.57. The van der Waals surface area contributed by atoms with E-state index in [1.165, 1.54) is 0 Å². The number of nitrogens with zero attached hydrogens (tertiary/aromatic N) is 1. The van der Waals surface area contributed by atoms with Crippen LogP contribution in [0.25, 0.3) is 0 Å². The molecule has 0 spiro atoms. The summed E-state index contributed by atoms with van der Waals surface area (Å²) >= 11 is 5.37. The Kier molecular flexibility index (Phi) is 5.65.